The second-order valence-electron chi connectivity index (χ2n) is 5.50. The van der Waals surface area contributed by atoms with E-state index in [-0.39, 0.29) is 5.91 Å². The Morgan fingerprint density at radius 2 is 2.00 bits per heavy atom. The fourth-order valence-corrected chi connectivity index (χ4v) is 3.92. The highest BCUT2D eigenvalue weighted by Crippen LogP contribution is 2.23. The Labute approximate surface area is 139 Å². The van der Waals surface area contributed by atoms with Crippen molar-refractivity contribution in [3.8, 4) is 0 Å². The van der Waals surface area contributed by atoms with Crippen molar-refractivity contribution >= 4 is 27.5 Å². The lowest BCUT2D eigenvalue weighted by molar-refractivity contribution is 0.0998. The Morgan fingerprint density at radius 1 is 1.26 bits per heavy atom. The van der Waals surface area contributed by atoms with Gasteiger partial charge >= 0.3 is 0 Å². The molecule has 0 aliphatic carbocycles. The van der Waals surface area contributed by atoms with Crippen molar-refractivity contribution in [2.24, 2.45) is 4.99 Å². The highest BCUT2D eigenvalue weighted by atomic mass is 32.1. The van der Waals surface area contributed by atoms with Gasteiger partial charge in [0.2, 0.25) is 0 Å². The summed E-state index contributed by atoms with van der Waals surface area (Å²) in [6, 6.07) is 13.4. The first-order valence-electron chi connectivity index (χ1n) is 7.45. The van der Waals surface area contributed by atoms with Crippen LogP contribution in [0.1, 0.15) is 21.5 Å². The smallest absolute Gasteiger partial charge is 0.279 e. The number of allylic oxidation sites excluding steroid dienone is 1. The van der Waals surface area contributed by atoms with E-state index in [0.717, 1.165) is 10.2 Å². The lowest BCUT2D eigenvalue weighted by Crippen LogP contribution is -2.16. The van der Waals surface area contributed by atoms with Crippen LogP contribution < -0.4 is 4.80 Å². The second-order valence-corrected chi connectivity index (χ2v) is 6.50. The van der Waals surface area contributed by atoms with Gasteiger partial charge in [0, 0.05) is 12.1 Å². The predicted molar refractivity (Wildman–Crippen MR) is 95.8 cm³/mol. The third kappa shape index (κ3) is 3.03. The number of carbonyl (C=O) groups is 1. The number of fused-ring (bicyclic) bond motifs is 1. The van der Waals surface area contributed by atoms with Gasteiger partial charge in [0.15, 0.2) is 4.80 Å². The van der Waals surface area contributed by atoms with Gasteiger partial charge in [-0.1, -0.05) is 41.7 Å². The Bertz CT molecular complexity index is 949. The first kappa shape index (κ1) is 15.4. The van der Waals surface area contributed by atoms with Gasteiger partial charge in [-0.05, 0) is 43.2 Å². The molecule has 1 amide bonds. The van der Waals surface area contributed by atoms with E-state index >= 15 is 0 Å². The van der Waals surface area contributed by atoms with Gasteiger partial charge in [0.25, 0.3) is 5.91 Å². The number of benzene rings is 2. The number of thiazole rings is 1. The molecule has 0 saturated carbocycles. The SMILES string of the molecule is C=CCn1c(=NC(=O)c2ccccc2)sc2cc(C)cc(C)c21. The van der Waals surface area contributed by atoms with Crippen LogP contribution in [0.2, 0.25) is 0 Å². The van der Waals surface area contributed by atoms with E-state index in [1.807, 2.05) is 24.3 Å². The Kier molecular flexibility index (Phi) is 4.26. The van der Waals surface area contributed by atoms with E-state index in [2.05, 4.69) is 42.1 Å². The third-order valence-electron chi connectivity index (χ3n) is 3.64. The highest BCUT2D eigenvalue weighted by Gasteiger charge is 2.10. The minimum absolute atomic E-state index is 0.218. The predicted octanol–water partition coefficient (Wildman–Crippen LogP) is 4.25. The van der Waals surface area contributed by atoms with Crippen LogP contribution in [0.4, 0.5) is 0 Å². The lowest BCUT2D eigenvalue weighted by Gasteiger charge is -2.05. The maximum absolute atomic E-state index is 12.4. The van der Waals surface area contributed by atoms with Gasteiger partial charge < -0.3 is 4.57 Å². The molecule has 3 nitrogen and oxygen atoms in total. The number of rotatable bonds is 3. The molecule has 3 rings (SSSR count). The molecule has 0 radical (unpaired) electrons. The van der Waals surface area contributed by atoms with Crippen molar-refractivity contribution in [2.45, 2.75) is 20.4 Å². The van der Waals surface area contributed by atoms with Crippen molar-refractivity contribution in [3.05, 3.63) is 76.6 Å². The average molecular weight is 322 g/mol. The molecule has 1 aromatic heterocycles. The number of amides is 1. The van der Waals surface area contributed by atoms with E-state index < -0.39 is 0 Å². The zero-order valence-electron chi connectivity index (χ0n) is 13.2. The maximum atomic E-state index is 12.4. The number of aromatic nitrogens is 1. The quantitative estimate of drug-likeness (QED) is 0.664. The van der Waals surface area contributed by atoms with Gasteiger partial charge in [-0.15, -0.1) is 6.58 Å². The summed E-state index contributed by atoms with van der Waals surface area (Å²) in [5, 5.41) is 0. The molecule has 0 spiro atoms. The molecule has 23 heavy (non-hydrogen) atoms. The Morgan fingerprint density at radius 3 is 2.70 bits per heavy atom. The maximum Gasteiger partial charge on any atom is 0.279 e. The molecule has 0 unspecified atom stereocenters. The van der Waals surface area contributed by atoms with Crippen LogP contribution in [0, 0.1) is 13.8 Å². The van der Waals surface area contributed by atoms with Crippen molar-refractivity contribution < 1.29 is 4.79 Å². The van der Waals surface area contributed by atoms with Crippen LogP contribution in [-0.4, -0.2) is 10.5 Å². The van der Waals surface area contributed by atoms with Crippen LogP contribution in [-0.2, 0) is 6.54 Å². The molecule has 1 heterocycles. The van der Waals surface area contributed by atoms with Crippen molar-refractivity contribution in [1.29, 1.82) is 0 Å². The molecule has 116 valence electrons. The summed E-state index contributed by atoms with van der Waals surface area (Å²) < 4.78 is 3.20. The monoisotopic (exact) mass is 322 g/mol. The van der Waals surface area contributed by atoms with Crippen LogP contribution in [0.15, 0.2) is 60.1 Å². The van der Waals surface area contributed by atoms with E-state index in [0.29, 0.717) is 16.9 Å². The van der Waals surface area contributed by atoms with E-state index in [1.54, 1.807) is 23.5 Å². The first-order chi connectivity index (χ1) is 11.1. The lowest BCUT2D eigenvalue weighted by atomic mass is 10.1. The van der Waals surface area contributed by atoms with Gasteiger partial charge in [-0.2, -0.15) is 4.99 Å². The van der Waals surface area contributed by atoms with Crippen LogP contribution >= 0.6 is 11.3 Å². The minimum Gasteiger partial charge on any atom is -0.312 e. The van der Waals surface area contributed by atoms with Crippen molar-refractivity contribution in [1.82, 2.24) is 4.57 Å². The Balaban J connectivity index is 2.22. The number of nitrogens with zero attached hydrogens (tertiary/aromatic N) is 2. The molecule has 0 aliphatic heterocycles. The molecule has 0 aliphatic rings. The summed E-state index contributed by atoms with van der Waals surface area (Å²) in [7, 11) is 0. The number of hydrogen-bond donors (Lipinski definition) is 0. The second kappa shape index (κ2) is 6.34. The molecular formula is C19H18N2OS. The molecule has 2 aromatic carbocycles. The summed E-state index contributed by atoms with van der Waals surface area (Å²) in [5.41, 5.74) is 4.12. The summed E-state index contributed by atoms with van der Waals surface area (Å²) >= 11 is 1.54. The summed E-state index contributed by atoms with van der Waals surface area (Å²) in [4.78, 5) is 17.5. The number of aryl methyl sites for hydroxylation is 2. The van der Waals surface area contributed by atoms with Crippen molar-refractivity contribution in [2.75, 3.05) is 0 Å². The minimum atomic E-state index is -0.218. The van der Waals surface area contributed by atoms with Gasteiger partial charge in [-0.3, -0.25) is 4.79 Å². The van der Waals surface area contributed by atoms with Gasteiger partial charge in [-0.25, -0.2) is 0 Å². The van der Waals surface area contributed by atoms with Gasteiger partial charge in [0.1, 0.15) is 0 Å². The standard InChI is InChI=1S/C19H18N2OS/c1-4-10-21-17-14(3)11-13(2)12-16(17)23-19(21)20-18(22)15-8-6-5-7-9-15/h4-9,11-12H,1,10H2,2-3H3. The molecule has 0 fully saturated rings. The van der Waals surface area contributed by atoms with Crippen molar-refractivity contribution in [3.63, 3.8) is 0 Å². The fourth-order valence-electron chi connectivity index (χ4n) is 2.71. The molecule has 0 atom stereocenters. The highest BCUT2D eigenvalue weighted by molar-refractivity contribution is 7.16. The van der Waals surface area contributed by atoms with Gasteiger partial charge in [0.05, 0.1) is 10.2 Å². The Hall–Kier alpha value is -2.46. The molecule has 0 bridgehead atoms. The van der Waals surface area contributed by atoms with Crippen LogP contribution in [0.3, 0.4) is 0 Å². The van der Waals surface area contributed by atoms with Crippen LogP contribution in [0.5, 0.6) is 0 Å². The third-order valence-corrected chi connectivity index (χ3v) is 4.67. The summed E-state index contributed by atoms with van der Waals surface area (Å²) in [6.45, 7) is 8.62. The average Bonchev–Trinajstić information content (AvgIpc) is 2.86. The van der Waals surface area contributed by atoms with E-state index in [9.17, 15) is 4.79 Å². The molecule has 3 aromatic rings. The number of carbonyl (C=O) groups excluding carboxylic acids is 1. The van der Waals surface area contributed by atoms with E-state index in [4.69, 9.17) is 0 Å². The molecule has 0 N–H and O–H groups in total. The fraction of sp³-hybridized carbons (Fsp3) is 0.158. The topological polar surface area (TPSA) is 34.4 Å². The molecule has 0 saturated heterocycles. The zero-order valence-corrected chi connectivity index (χ0v) is 14.1. The van der Waals surface area contributed by atoms with Crippen LogP contribution in [0.25, 0.3) is 10.2 Å². The number of hydrogen-bond acceptors (Lipinski definition) is 2. The molecule has 4 heteroatoms. The summed E-state index contributed by atoms with van der Waals surface area (Å²) in [6.07, 6.45) is 1.83. The largest absolute Gasteiger partial charge is 0.312 e. The molecular weight excluding hydrogens is 304 g/mol. The summed E-state index contributed by atoms with van der Waals surface area (Å²) in [5.74, 6) is -0.218. The first-order valence-corrected chi connectivity index (χ1v) is 8.27. The van der Waals surface area contributed by atoms with E-state index in [1.165, 1.54) is 11.1 Å². The zero-order chi connectivity index (χ0) is 16.4. The normalized spacial score (nSPS) is 11.8.